The fourth-order valence-corrected chi connectivity index (χ4v) is 2.01. The number of hydrogen-bond donors (Lipinski definition) is 1. The van der Waals surface area contributed by atoms with Crippen LogP contribution in [0.3, 0.4) is 0 Å². The van der Waals surface area contributed by atoms with Crippen LogP contribution in [0, 0.1) is 0 Å². The first-order chi connectivity index (χ1) is 10.1. The first-order valence-electron chi connectivity index (χ1n) is 6.66. The molecule has 0 saturated carbocycles. The minimum Gasteiger partial charge on any atom is -0.478 e. The van der Waals surface area contributed by atoms with Gasteiger partial charge in [0.05, 0.1) is 11.3 Å². The molecule has 4 nitrogen and oxygen atoms in total. The zero-order valence-corrected chi connectivity index (χ0v) is 12.2. The number of aromatic nitrogens is 1. The summed E-state index contributed by atoms with van der Waals surface area (Å²) in [7, 11) is 4.06. The predicted molar refractivity (Wildman–Crippen MR) is 84.0 cm³/mol. The summed E-state index contributed by atoms with van der Waals surface area (Å²) in [5, 5.41) is 9.10. The van der Waals surface area contributed by atoms with Gasteiger partial charge >= 0.3 is 5.97 Å². The van der Waals surface area contributed by atoms with Gasteiger partial charge in [-0.2, -0.15) is 0 Å². The minimum atomic E-state index is -0.968. The molecule has 0 radical (unpaired) electrons. The van der Waals surface area contributed by atoms with Gasteiger partial charge in [0.15, 0.2) is 0 Å². The summed E-state index contributed by atoms with van der Waals surface area (Å²) >= 11 is 0. The molecule has 21 heavy (non-hydrogen) atoms. The normalized spacial score (nSPS) is 11.2. The molecule has 0 amide bonds. The van der Waals surface area contributed by atoms with Crippen molar-refractivity contribution in [1.29, 1.82) is 0 Å². The zero-order chi connectivity index (χ0) is 15.2. The van der Waals surface area contributed by atoms with E-state index in [-0.39, 0.29) is 5.56 Å². The second-order valence-electron chi connectivity index (χ2n) is 5.05. The molecule has 2 aromatic rings. The van der Waals surface area contributed by atoms with E-state index in [1.807, 2.05) is 32.3 Å². The Labute approximate surface area is 124 Å². The smallest absolute Gasteiger partial charge is 0.337 e. The highest BCUT2D eigenvalue weighted by atomic mass is 16.4. The number of rotatable bonds is 5. The summed E-state index contributed by atoms with van der Waals surface area (Å²) in [5.74, 6) is -0.968. The van der Waals surface area contributed by atoms with Crippen molar-refractivity contribution in [1.82, 2.24) is 9.88 Å². The van der Waals surface area contributed by atoms with Crippen LogP contribution in [0.15, 0.2) is 42.6 Å². The highest BCUT2D eigenvalue weighted by Gasteiger charge is 2.07. The van der Waals surface area contributed by atoms with Crippen LogP contribution in [0.1, 0.15) is 27.2 Å². The summed E-state index contributed by atoms with van der Waals surface area (Å²) in [6.45, 7) is 0.896. The third-order valence-electron chi connectivity index (χ3n) is 2.98. The average Bonchev–Trinajstić information content (AvgIpc) is 2.46. The van der Waals surface area contributed by atoms with Crippen LogP contribution in [0.2, 0.25) is 0 Å². The van der Waals surface area contributed by atoms with Gasteiger partial charge in [0.25, 0.3) is 0 Å². The molecule has 1 heterocycles. The lowest BCUT2D eigenvalue weighted by Crippen LogP contribution is -2.10. The summed E-state index contributed by atoms with van der Waals surface area (Å²) in [6, 6.07) is 11.3. The second-order valence-corrected chi connectivity index (χ2v) is 5.05. The van der Waals surface area contributed by atoms with Crippen LogP contribution in [-0.2, 0) is 6.54 Å². The molecular formula is C17H18N2O2. The van der Waals surface area contributed by atoms with Gasteiger partial charge in [0.2, 0.25) is 0 Å². The fourth-order valence-electron chi connectivity index (χ4n) is 2.01. The van der Waals surface area contributed by atoms with Crippen molar-refractivity contribution >= 4 is 18.1 Å². The molecule has 0 saturated heterocycles. The van der Waals surface area contributed by atoms with E-state index >= 15 is 0 Å². The molecule has 1 aromatic heterocycles. The molecule has 1 aromatic carbocycles. The summed E-state index contributed by atoms with van der Waals surface area (Å²) in [5.41, 5.74) is 2.92. The largest absolute Gasteiger partial charge is 0.478 e. The number of benzene rings is 1. The lowest BCUT2D eigenvalue weighted by atomic mass is 10.1. The number of carboxylic acid groups (broad SMARTS) is 1. The van der Waals surface area contributed by atoms with Crippen molar-refractivity contribution in [2.45, 2.75) is 6.54 Å². The molecule has 2 rings (SSSR count). The van der Waals surface area contributed by atoms with Crippen molar-refractivity contribution < 1.29 is 9.90 Å². The molecule has 1 N–H and O–H groups in total. The van der Waals surface area contributed by atoms with Crippen LogP contribution >= 0.6 is 0 Å². The number of nitrogens with zero attached hydrogens (tertiary/aromatic N) is 2. The van der Waals surface area contributed by atoms with Crippen molar-refractivity contribution in [3.05, 3.63) is 65.0 Å². The first kappa shape index (κ1) is 14.9. The molecule has 0 aliphatic rings. The molecule has 0 unspecified atom stereocenters. The van der Waals surface area contributed by atoms with Gasteiger partial charge in [-0.05, 0) is 43.4 Å². The maximum atomic E-state index is 11.1. The van der Waals surface area contributed by atoms with Gasteiger partial charge < -0.3 is 10.0 Å². The molecule has 0 fully saturated rings. The van der Waals surface area contributed by atoms with Gasteiger partial charge in [0, 0.05) is 12.7 Å². The Morgan fingerprint density at radius 1 is 1.19 bits per heavy atom. The molecule has 4 heteroatoms. The first-order valence-corrected chi connectivity index (χ1v) is 6.66. The van der Waals surface area contributed by atoms with Crippen LogP contribution in [-0.4, -0.2) is 35.1 Å². The van der Waals surface area contributed by atoms with E-state index in [0.717, 1.165) is 12.1 Å². The Kier molecular flexibility index (Phi) is 4.85. The lowest BCUT2D eigenvalue weighted by molar-refractivity contribution is 0.0696. The molecule has 0 atom stereocenters. The third-order valence-corrected chi connectivity index (χ3v) is 2.98. The van der Waals surface area contributed by atoms with Gasteiger partial charge in [-0.25, -0.2) is 4.79 Å². The molecule has 0 spiro atoms. The molecule has 108 valence electrons. The number of carboxylic acids is 1. The van der Waals surface area contributed by atoms with Crippen LogP contribution in [0.5, 0.6) is 0 Å². The van der Waals surface area contributed by atoms with E-state index < -0.39 is 5.97 Å². The van der Waals surface area contributed by atoms with Gasteiger partial charge in [-0.3, -0.25) is 4.98 Å². The van der Waals surface area contributed by atoms with Crippen molar-refractivity contribution in [3.8, 4) is 0 Å². The van der Waals surface area contributed by atoms with Gasteiger partial charge in [0.1, 0.15) is 0 Å². The Morgan fingerprint density at radius 2 is 1.90 bits per heavy atom. The van der Waals surface area contributed by atoms with Crippen molar-refractivity contribution in [2.24, 2.45) is 0 Å². The molecule has 0 aliphatic carbocycles. The summed E-state index contributed by atoms with van der Waals surface area (Å²) in [4.78, 5) is 17.3. The highest BCUT2D eigenvalue weighted by Crippen LogP contribution is 2.12. The monoisotopic (exact) mass is 282 g/mol. The van der Waals surface area contributed by atoms with E-state index in [4.69, 9.17) is 5.11 Å². The summed E-state index contributed by atoms with van der Waals surface area (Å²) in [6.07, 6.45) is 5.19. The molecular weight excluding hydrogens is 264 g/mol. The SMILES string of the molecule is CN(C)Cc1ccc(C=Cc2ncccc2C(=O)O)cc1. The third kappa shape index (κ3) is 4.26. The quantitative estimate of drug-likeness (QED) is 0.916. The lowest BCUT2D eigenvalue weighted by Gasteiger charge is -2.09. The fraction of sp³-hybridized carbons (Fsp3) is 0.176. The van der Waals surface area contributed by atoms with Crippen molar-refractivity contribution in [3.63, 3.8) is 0 Å². The topological polar surface area (TPSA) is 53.4 Å². The van der Waals surface area contributed by atoms with Gasteiger partial charge in [-0.1, -0.05) is 30.3 Å². The van der Waals surface area contributed by atoms with E-state index in [9.17, 15) is 4.79 Å². The van der Waals surface area contributed by atoms with E-state index in [1.165, 1.54) is 5.56 Å². The predicted octanol–water partition coefficient (Wildman–Crippen LogP) is 3.01. The minimum absolute atomic E-state index is 0.206. The molecule has 0 aliphatic heterocycles. The summed E-state index contributed by atoms with van der Waals surface area (Å²) < 4.78 is 0. The van der Waals surface area contributed by atoms with Crippen molar-refractivity contribution in [2.75, 3.05) is 14.1 Å². The van der Waals surface area contributed by atoms with Crippen LogP contribution < -0.4 is 0 Å². The van der Waals surface area contributed by atoms with E-state index in [1.54, 1.807) is 24.4 Å². The number of aromatic carboxylic acids is 1. The van der Waals surface area contributed by atoms with Crippen LogP contribution in [0.4, 0.5) is 0 Å². The zero-order valence-electron chi connectivity index (χ0n) is 12.2. The highest BCUT2D eigenvalue weighted by molar-refractivity contribution is 5.92. The number of carbonyl (C=O) groups is 1. The van der Waals surface area contributed by atoms with E-state index in [2.05, 4.69) is 22.0 Å². The number of pyridine rings is 1. The Hall–Kier alpha value is -2.46. The second kappa shape index (κ2) is 6.81. The van der Waals surface area contributed by atoms with E-state index in [0.29, 0.717) is 5.69 Å². The average molecular weight is 282 g/mol. The Morgan fingerprint density at radius 3 is 2.52 bits per heavy atom. The Balaban J connectivity index is 2.16. The maximum Gasteiger partial charge on any atom is 0.337 e. The molecule has 0 bridgehead atoms. The van der Waals surface area contributed by atoms with Crippen LogP contribution in [0.25, 0.3) is 12.2 Å². The maximum absolute atomic E-state index is 11.1. The Bertz CT molecular complexity index is 646. The number of hydrogen-bond acceptors (Lipinski definition) is 3. The van der Waals surface area contributed by atoms with Gasteiger partial charge in [-0.15, -0.1) is 0 Å². The standard InChI is InChI=1S/C17H18N2O2/c1-19(2)12-14-7-5-13(6-8-14)9-10-16-15(17(20)21)4-3-11-18-16/h3-11H,12H2,1-2H3,(H,20,21).